The van der Waals surface area contributed by atoms with E-state index in [4.69, 9.17) is 14.2 Å². The van der Waals surface area contributed by atoms with Crippen molar-refractivity contribution in [2.45, 2.75) is 39.7 Å². The van der Waals surface area contributed by atoms with Gasteiger partial charge >= 0.3 is 6.09 Å². The highest BCUT2D eigenvalue weighted by atomic mass is 16.6. The summed E-state index contributed by atoms with van der Waals surface area (Å²) in [5.74, 6) is 1.40. The first-order chi connectivity index (χ1) is 10.8. The fourth-order valence-electron chi connectivity index (χ4n) is 1.99. The molecule has 0 fully saturated rings. The minimum absolute atomic E-state index is 0.389. The normalized spacial score (nSPS) is 10.9. The van der Waals surface area contributed by atoms with E-state index >= 15 is 0 Å². The molecule has 0 atom stereocenters. The van der Waals surface area contributed by atoms with Gasteiger partial charge in [0.15, 0.2) is 11.5 Å². The molecule has 6 heteroatoms. The van der Waals surface area contributed by atoms with Crippen LogP contribution in [0, 0.1) is 6.92 Å². The Bertz CT molecular complexity index is 524. The molecule has 6 nitrogen and oxygen atoms in total. The lowest BCUT2D eigenvalue weighted by molar-refractivity contribution is 0.0528. The average Bonchev–Trinajstić information content (AvgIpc) is 2.46. The molecule has 0 spiro atoms. The van der Waals surface area contributed by atoms with Crippen LogP contribution in [0.1, 0.15) is 32.8 Å². The Morgan fingerprint density at radius 2 is 1.70 bits per heavy atom. The third-order valence-corrected chi connectivity index (χ3v) is 3.07. The molecular formula is C17H28N2O4. The minimum Gasteiger partial charge on any atom is -0.493 e. The largest absolute Gasteiger partial charge is 0.493 e. The summed E-state index contributed by atoms with van der Waals surface area (Å²) in [4.78, 5) is 11.5. The van der Waals surface area contributed by atoms with E-state index in [9.17, 15) is 4.79 Å². The van der Waals surface area contributed by atoms with Crippen molar-refractivity contribution in [1.82, 2.24) is 5.32 Å². The molecule has 0 saturated heterocycles. The molecular weight excluding hydrogens is 296 g/mol. The summed E-state index contributed by atoms with van der Waals surface area (Å²) in [6.45, 7) is 8.81. The van der Waals surface area contributed by atoms with Crippen molar-refractivity contribution in [2.24, 2.45) is 0 Å². The van der Waals surface area contributed by atoms with Gasteiger partial charge in [-0.3, -0.25) is 0 Å². The van der Waals surface area contributed by atoms with Crippen molar-refractivity contribution in [1.29, 1.82) is 0 Å². The van der Waals surface area contributed by atoms with Gasteiger partial charge in [-0.05, 0) is 45.7 Å². The molecule has 23 heavy (non-hydrogen) atoms. The SMILES string of the molecule is COc1cc(C)c(NCCCNC(=O)OC(C)(C)C)cc1OC. The standard InChI is InChI=1S/C17H28N2O4/c1-12-10-14(21-5)15(22-6)11-13(12)18-8-7-9-19-16(20)23-17(2,3)4/h10-11,18H,7-9H2,1-6H3,(H,19,20). The van der Waals surface area contributed by atoms with Crippen LogP contribution in [0.5, 0.6) is 11.5 Å². The first-order valence-electron chi connectivity index (χ1n) is 7.70. The van der Waals surface area contributed by atoms with Crippen molar-refractivity contribution >= 4 is 11.8 Å². The second-order valence-electron chi connectivity index (χ2n) is 6.23. The minimum atomic E-state index is -0.473. The van der Waals surface area contributed by atoms with Crippen LogP contribution in [0.15, 0.2) is 12.1 Å². The fraction of sp³-hybridized carbons (Fsp3) is 0.588. The van der Waals surface area contributed by atoms with Crippen molar-refractivity contribution < 1.29 is 19.0 Å². The zero-order chi connectivity index (χ0) is 17.5. The number of carbonyl (C=O) groups is 1. The van der Waals surface area contributed by atoms with Crippen LogP contribution < -0.4 is 20.1 Å². The number of hydrogen-bond donors (Lipinski definition) is 2. The molecule has 0 aliphatic rings. The molecule has 0 unspecified atom stereocenters. The van der Waals surface area contributed by atoms with Crippen LogP contribution in [0.25, 0.3) is 0 Å². The Hall–Kier alpha value is -2.11. The van der Waals surface area contributed by atoms with E-state index in [0.717, 1.165) is 24.2 Å². The summed E-state index contributed by atoms with van der Waals surface area (Å²) in [5.41, 5.74) is 1.58. The summed E-state index contributed by atoms with van der Waals surface area (Å²) in [6.07, 6.45) is 0.396. The lowest BCUT2D eigenvalue weighted by Crippen LogP contribution is -2.33. The summed E-state index contributed by atoms with van der Waals surface area (Å²) >= 11 is 0. The van der Waals surface area contributed by atoms with Gasteiger partial charge < -0.3 is 24.8 Å². The van der Waals surface area contributed by atoms with Gasteiger partial charge in [-0.25, -0.2) is 4.79 Å². The van der Waals surface area contributed by atoms with Gasteiger partial charge in [-0.2, -0.15) is 0 Å². The lowest BCUT2D eigenvalue weighted by atomic mass is 10.1. The fourth-order valence-corrected chi connectivity index (χ4v) is 1.99. The maximum absolute atomic E-state index is 11.5. The van der Waals surface area contributed by atoms with Gasteiger partial charge in [-0.1, -0.05) is 0 Å². The number of ether oxygens (including phenoxy) is 3. The van der Waals surface area contributed by atoms with E-state index in [1.54, 1.807) is 14.2 Å². The monoisotopic (exact) mass is 324 g/mol. The zero-order valence-corrected chi connectivity index (χ0v) is 14.9. The molecule has 1 amide bonds. The third kappa shape index (κ3) is 6.67. The van der Waals surface area contributed by atoms with E-state index in [0.29, 0.717) is 18.0 Å². The molecule has 0 radical (unpaired) electrons. The summed E-state index contributed by atoms with van der Waals surface area (Å²) in [6, 6.07) is 3.84. The highest BCUT2D eigenvalue weighted by molar-refractivity contribution is 5.67. The predicted molar refractivity (Wildman–Crippen MR) is 91.6 cm³/mol. The van der Waals surface area contributed by atoms with Crippen molar-refractivity contribution in [3.05, 3.63) is 17.7 Å². The van der Waals surface area contributed by atoms with Crippen LogP contribution in [-0.2, 0) is 4.74 Å². The van der Waals surface area contributed by atoms with Gasteiger partial charge in [0.1, 0.15) is 5.60 Å². The highest BCUT2D eigenvalue weighted by Gasteiger charge is 2.15. The van der Waals surface area contributed by atoms with Gasteiger partial charge in [0, 0.05) is 24.8 Å². The number of amides is 1. The number of alkyl carbamates (subject to hydrolysis) is 1. The number of nitrogens with one attached hydrogen (secondary N) is 2. The van der Waals surface area contributed by atoms with Gasteiger partial charge in [0.2, 0.25) is 0 Å². The van der Waals surface area contributed by atoms with Crippen molar-refractivity contribution in [3.8, 4) is 11.5 Å². The summed E-state index contributed by atoms with van der Waals surface area (Å²) in [7, 11) is 3.23. The second-order valence-corrected chi connectivity index (χ2v) is 6.23. The maximum Gasteiger partial charge on any atom is 0.407 e. The van der Waals surface area contributed by atoms with Crippen LogP contribution in [0.2, 0.25) is 0 Å². The Morgan fingerprint density at radius 1 is 1.09 bits per heavy atom. The van der Waals surface area contributed by atoms with Crippen LogP contribution in [0.3, 0.4) is 0 Å². The maximum atomic E-state index is 11.5. The van der Waals surface area contributed by atoms with Gasteiger partial charge in [0.05, 0.1) is 14.2 Å². The number of carbonyl (C=O) groups excluding carboxylic acids is 1. The first-order valence-corrected chi connectivity index (χ1v) is 7.70. The number of rotatable bonds is 7. The first kappa shape index (κ1) is 18.9. The number of anilines is 1. The van der Waals surface area contributed by atoms with E-state index < -0.39 is 5.60 Å². The van der Waals surface area contributed by atoms with Crippen LogP contribution in [-0.4, -0.2) is 39.0 Å². The molecule has 0 bridgehead atoms. The Labute approximate surface area is 138 Å². The van der Waals surface area contributed by atoms with E-state index in [2.05, 4.69) is 10.6 Å². The predicted octanol–water partition coefficient (Wildman–Crippen LogP) is 3.34. The van der Waals surface area contributed by atoms with Crippen LogP contribution in [0.4, 0.5) is 10.5 Å². The summed E-state index contributed by atoms with van der Waals surface area (Å²) in [5, 5.41) is 6.07. The number of aryl methyl sites for hydroxylation is 1. The number of hydrogen-bond acceptors (Lipinski definition) is 5. The topological polar surface area (TPSA) is 68.8 Å². The Kier molecular flexibility index (Phi) is 7.00. The molecule has 0 saturated carbocycles. The molecule has 0 heterocycles. The Balaban J connectivity index is 2.40. The van der Waals surface area contributed by atoms with E-state index in [1.165, 1.54) is 0 Å². The average molecular weight is 324 g/mol. The molecule has 130 valence electrons. The van der Waals surface area contributed by atoms with Gasteiger partial charge in [0.25, 0.3) is 0 Å². The molecule has 0 aliphatic carbocycles. The van der Waals surface area contributed by atoms with E-state index in [1.807, 2.05) is 39.8 Å². The number of benzene rings is 1. The second kappa shape index (κ2) is 8.50. The molecule has 0 aromatic heterocycles. The number of methoxy groups -OCH3 is 2. The molecule has 1 aromatic carbocycles. The zero-order valence-electron chi connectivity index (χ0n) is 14.9. The molecule has 1 rings (SSSR count). The van der Waals surface area contributed by atoms with Crippen molar-refractivity contribution in [2.75, 3.05) is 32.6 Å². The molecule has 2 N–H and O–H groups in total. The molecule has 1 aromatic rings. The van der Waals surface area contributed by atoms with E-state index in [-0.39, 0.29) is 6.09 Å². The summed E-state index contributed by atoms with van der Waals surface area (Å²) < 4.78 is 15.7. The molecule has 0 aliphatic heterocycles. The highest BCUT2D eigenvalue weighted by Crippen LogP contribution is 2.32. The Morgan fingerprint density at radius 3 is 2.26 bits per heavy atom. The smallest absolute Gasteiger partial charge is 0.407 e. The quantitative estimate of drug-likeness (QED) is 0.753. The van der Waals surface area contributed by atoms with Gasteiger partial charge in [-0.15, -0.1) is 0 Å². The van der Waals surface area contributed by atoms with Crippen LogP contribution >= 0.6 is 0 Å². The lowest BCUT2D eigenvalue weighted by Gasteiger charge is -2.19. The third-order valence-electron chi connectivity index (χ3n) is 3.07. The van der Waals surface area contributed by atoms with Crippen molar-refractivity contribution in [3.63, 3.8) is 0 Å².